The molecule has 0 aliphatic rings. The molecule has 54 valence electrons. The quantitative estimate of drug-likeness (QED) is 0.567. The van der Waals surface area contributed by atoms with E-state index in [4.69, 9.17) is 11.5 Å². The monoisotopic (exact) mass is 148 g/mol. The molecular weight excluding hydrogens is 136 g/mol. The average Bonchev–Trinajstić information content (AvgIpc) is 1.63. The number of rotatable bonds is 4. The lowest BCUT2D eigenvalue weighted by atomic mass is 10.2. The first kappa shape index (κ1) is 8.78. The third-order valence-electron chi connectivity index (χ3n) is 0.844. The lowest BCUT2D eigenvalue weighted by Gasteiger charge is -2.04. The molecule has 0 aromatic heterocycles. The molecular formula is C5H12N2OS. The molecule has 3 nitrogen and oxygen atoms in total. The van der Waals surface area contributed by atoms with E-state index in [0.717, 1.165) is 5.75 Å². The van der Waals surface area contributed by atoms with Crippen LogP contribution in [0.15, 0.2) is 0 Å². The maximum atomic E-state index is 10.2. The molecule has 0 bridgehead atoms. The third kappa shape index (κ3) is 5.65. The lowest BCUT2D eigenvalue weighted by molar-refractivity contribution is -0.118. The van der Waals surface area contributed by atoms with Gasteiger partial charge in [-0.1, -0.05) is 0 Å². The molecule has 0 aliphatic heterocycles. The fourth-order valence-corrected chi connectivity index (χ4v) is 1.08. The predicted molar refractivity (Wildman–Crippen MR) is 40.2 cm³/mol. The largest absolute Gasteiger partial charge is 0.370 e. The first-order valence-corrected chi connectivity index (χ1v) is 4.09. The van der Waals surface area contributed by atoms with Gasteiger partial charge in [-0.2, -0.15) is 11.8 Å². The van der Waals surface area contributed by atoms with Crippen LogP contribution in [0, 0.1) is 0 Å². The van der Waals surface area contributed by atoms with Gasteiger partial charge in [-0.3, -0.25) is 4.79 Å². The van der Waals surface area contributed by atoms with Crippen LogP contribution in [0.2, 0.25) is 0 Å². The van der Waals surface area contributed by atoms with Gasteiger partial charge < -0.3 is 11.5 Å². The summed E-state index contributed by atoms with van der Waals surface area (Å²) in [7, 11) is 0. The van der Waals surface area contributed by atoms with Crippen molar-refractivity contribution < 1.29 is 4.79 Å². The van der Waals surface area contributed by atoms with Crippen LogP contribution in [-0.2, 0) is 4.79 Å². The zero-order valence-electron chi connectivity index (χ0n) is 5.46. The molecule has 1 unspecified atom stereocenters. The van der Waals surface area contributed by atoms with E-state index in [-0.39, 0.29) is 11.9 Å². The van der Waals surface area contributed by atoms with Crippen molar-refractivity contribution in [2.24, 2.45) is 11.5 Å². The van der Waals surface area contributed by atoms with Crippen LogP contribution in [0.1, 0.15) is 6.42 Å². The summed E-state index contributed by atoms with van der Waals surface area (Å²) in [5.74, 6) is 0.472. The Balaban J connectivity index is 3.26. The molecule has 4 heteroatoms. The van der Waals surface area contributed by atoms with Crippen LogP contribution in [0.5, 0.6) is 0 Å². The van der Waals surface area contributed by atoms with Gasteiger partial charge in [0.05, 0.1) is 0 Å². The molecule has 0 saturated carbocycles. The minimum absolute atomic E-state index is 0.0718. The van der Waals surface area contributed by atoms with Gasteiger partial charge in [0.25, 0.3) is 0 Å². The highest BCUT2D eigenvalue weighted by atomic mass is 32.2. The van der Waals surface area contributed by atoms with Crippen molar-refractivity contribution in [2.75, 3.05) is 12.0 Å². The van der Waals surface area contributed by atoms with Crippen molar-refractivity contribution in [2.45, 2.75) is 12.5 Å². The normalized spacial score (nSPS) is 13.1. The summed E-state index contributed by atoms with van der Waals surface area (Å²) in [5, 5.41) is 0. The smallest absolute Gasteiger partial charge is 0.219 e. The molecule has 0 rings (SSSR count). The Bertz CT molecular complexity index is 97.0. The van der Waals surface area contributed by atoms with Crippen LogP contribution in [0.25, 0.3) is 0 Å². The Morgan fingerprint density at radius 3 is 2.67 bits per heavy atom. The Hall–Kier alpha value is -0.220. The number of hydrogen-bond donors (Lipinski definition) is 2. The van der Waals surface area contributed by atoms with Crippen LogP contribution in [0.3, 0.4) is 0 Å². The van der Waals surface area contributed by atoms with E-state index in [0.29, 0.717) is 6.42 Å². The number of amides is 1. The summed E-state index contributed by atoms with van der Waals surface area (Å²) >= 11 is 1.62. The second kappa shape index (κ2) is 4.64. The van der Waals surface area contributed by atoms with E-state index in [2.05, 4.69) is 0 Å². The van der Waals surface area contributed by atoms with Gasteiger partial charge in [0.2, 0.25) is 5.91 Å². The molecule has 1 amide bonds. The summed E-state index contributed by atoms with van der Waals surface area (Å²) in [6.45, 7) is 0. The summed E-state index contributed by atoms with van der Waals surface area (Å²) in [6, 6.07) is -0.0718. The zero-order valence-corrected chi connectivity index (χ0v) is 6.28. The minimum atomic E-state index is -0.323. The number of nitrogens with two attached hydrogens (primary N) is 2. The Kier molecular flexibility index (Phi) is 4.53. The van der Waals surface area contributed by atoms with Crippen LogP contribution in [-0.4, -0.2) is 24.0 Å². The highest BCUT2D eigenvalue weighted by Crippen LogP contribution is 1.97. The van der Waals surface area contributed by atoms with Gasteiger partial charge in [-0.05, 0) is 6.26 Å². The molecule has 0 aliphatic carbocycles. The van der Waals surface area contributed by atoms with Crippen molar-refractivity contribution in [3.8, 4) is 0 Å². The fraction of sp³-hybridized carbons (Fsp3) is 0.800. The number of carbonyl (C=O) groups is 1. The molecule has 0 saturated heterocycles. The molecule has 9 heavy (non-hydrogen) atoms. The van der Waals surface area contributed by atoms with Crippen LogP contribution >= 0.6 is 11.8 Å². The standard InChI is InChI=1S/C5H12N2OS/c1-9-3-4(6)2-5(7)8/h4H,2-3,6H2,1H3,(H2,7,8). The maximum absolute atomic E-state index is 10.2. The topological polar surface area (TPSA) is 69.1 Å². The second-order valence-corrected chi connectivity index (χ2v) is 2.80. The predicted octanol–water partition coefficient (Wildman–Crippen LogP) is -0.448. The Morgan fingerprint density at radius 1 is 1.78 bits per heavy atom. The van der Waals surface area contributed by atoms with E-state index in [1.807, 2.05) is 6.26 Å². The molecule has 0 spiro atoms. The van der Waals surface area contributed by atoms with Crippen molar-refractivity contribution in [3.05, 3.63) is 0 Å². The van der Waals surface area contributed by atoms with Crippen molar-refractivity contribution in [1.82, 2.24) is 0 Å². The van der Waals surface area contributed by atoms with Crippen LogP contribution in [0.4, 0.5) is 0 Å². The molecule has 0 radical (unpaired) electrons. The van der Waals surface area contributed by atoms with Crippen molar-refractivity contribution >= 4 is 17.7 Å². The summed E-state index contributed by atoms with van der Waals surface area (Å²) < 4.78 is 0. The van der Waals surface area contributed by atoms with Crippen molar-refractivity contribution in [1.29, 1.82) is 0 Å². The molecule has 4 N–H and O–H groups in total. The van der Waals surface area contributed by atoms with Gasteiger partial charge in [0.15, 0.2) is 0 Å². The minimum Gasteiger partial charge on any atom is -0.370 e. The van der Waals surface area contributed by atoms with E-state index < -0.39 is 0 Å². The summed E-state index contributed by atoms with van der Waals surface area (Å²) in [4.78, 5) is 10.2. The fourth-order valence-electron chi connectivity index (χ4n) is 0.531. The van der Waals surface area contributed by atoms with Gasteiger partial charge in [0.1, 0.15) is 0 Å². The number of carbonyl (C=O) groups excluding carboxylic acids is 1. The van der Waals surface area contributed by atoms with Gasteiger partial charge in [0, 0.05) is 18.2 Å². The van der Waals surface area contributed by atoms with Crippen LogP contribution < -0.4 is 11.5 Å². The molecule has 0 fully saturated rings. The molecule has 1 atom stereocenters. The third-order valence-corrected chi connectivity index (χ3v) is 1.61. The highest BCUT2D eigenvalue weighted by molar-refractivity contribution is 7.98. The van der Waals surface area contributed by atoms with Gasteiger partial charge in [-0.25, -0.2) is 0 Å². The van der Waals surface area contributed by atoms with E-state index >= 15 is 0 Å². The zero-order chi connectivity index (χ0) is 7.28. The lowest BCUT2D eigenvalue weighted by Crippen LogP contribution is -2.29. The van der Waals surface area contributed by atoms with E-state index in [9.17, 15) is 4.79 Å². The summed E-state index contributed by atoms with van der Waals surface area (Å²) in [6.07, 6.45) is 2.24. The van der Waals surface area contributed by atoms with E-state index in [1.54, 1.807) is 11.8 Å². The van der Waals surface area contributed by atoms with Gasteiger partial charge >= 0.3 is 0 Å². The van der Waals surface area contributed by atoms with Crippen molar-refractivity contribution in [3.63, 3.8) is 0 Å². The molecule has 0 aromatic carbocycles. The first-order chi connectivity index (χ1) is 4.16. The molecule has 0 aromatic rings. The van der Waals surface area contributed by atoms with Gasteiger partial charge in [-0.15, -0.1) is 0 Å². The maximum Gasteiger partial charge on any atom is 0.219 e. The van der Waals surface area contributed by atoms with E-state index in [1.165, 1.54) is 0 Å². The number of primary amides is 1. The Morgan fingerprint density at radius 2 is 2.33 bits per heavy atom. The number of hydrogen-bond acceptors (Lipinski definition) is 3. The number of thioether (sulfide) groups is 1. The first-order valence-electron chi connectivity index (χ1n) is 2.69. The molecule has 0 heterocycles. The Labute approximate surface area is 59.2 Å². The highest BCUT2D eigenvalue weighted by Gasteiger charge is 2.03. The second-order valence-electron chi connectivity index (χ2n) is 1.89. The summed E-state index contributed by atoms with van der Waals surface area (Å²) in [5.41, 5.74) is 10.4. The SMILES string of the molecule is CSCC(N)CC(N)=O. The average molecular weight is 148 g/mol.